The summed E-state index contributed by atoms with van der Waals surface area (Å²) in [6, 6.07) is 13.4. The van der Waals surface area contributed by atoms with Gasteiger partial charge in [0.1, 0.15) is 5.69 Å². The molecule has 0 radical (unpaired) electrons. The van der Waals surface area contributed by atoms with E-state index in [1.54, 1.807) is 14.2 Å². The van der Waals surface area contributed by atoms with Crippen LogP contribution >= 0.6 is 0 Å². The molecular weight excluding hydrogens is 294 g/mol. The number of ether oxygens (including phenoxy) is 3. The highest BCUT2D eigenvalue weighted by Crippen LogP contribution is 2.39. The van der Waals surface area contributed by atoms with Crippen molar-refractivity contribution in [2.45, 2.75) is 0 Å². The Morgan fingerprint density at radius 3 is 2.22 bits per heavy atom. The van der Waals surface area contributed by atoms with Gasteiger partial charge in [0.2, 0.25) is 0 Å². The lowest BCUT2D eigenvalue weighted by Crippen LogP contribution is -2.03. The fraction of sp³-hybridized carbons (Fsp3) is 0.167. The smallest absolute Gasteiger partial charge is 0.355 e. The van der Waals surface area contributed by atoms with Gasteiger partial charge in [-0.05, 0) is 11.6 Å². The van der Waals surface area contributed by atoms with E-state index in [2.05, 4.69) is 4.98 Å². The molecule has 3 rings (SSSR count). The summed E-state index contributed by atoms with van der Waals surface area (Å²) in [6.07, 6.45) is 0. The fourth-order valence-corrected chi connectivity index (χ4v) is 2.68. The van der Waals surface area contributed by atoms with Gasteiger partial charge >= 0.3 is 5.97 Å². The van der Waals surface area contributed by atoms with Crippen LogP contribution in [0.2, 0.25) is 0 Å². The lowest BCUT2D eigenvalue weighted by molar-refractivity contribution is 0.0596. The molecule has 0 atom stereocenters. The predicted octanol–water partition coefficient (Wildman–Crippen LogP) is 3.64. The molecule has 0 aliphatic carbocycles. The van der Waals surface area contributed by atoms with Crippen LogP contribution < -0.4 is 9.47 Å². The maximum absolute atomic E-state index is 12.2. The van der Waals surface area contributed by atoms with Crippen molar-refractivity contribution in [2.75, 3.05) is 21.3 Å². The van der Waals surface area contributed by atoms with E-state index in [9.17, 15) is 4.79 Å². The van der Waals surface area contributed by atoms with Gasteiger partial charge in [0.15, 0.2) is 11.5 Å². The predicted molar refractivity (Wildman–Crippen MR) is 88.2 cm³/mol. The van der Waals surface area contributed by atoms with Gasteiger partial charge in [0.05, 0.1) is 26.8 Å². The number of benzene rings is 2. The molecule has 5 heteroatoms. The van der Waals surface area contributed by atoms with E-state index in [1.165, 1.54) is 7.11 Å². The number of carbonyl (C=O) groups is 1. The number of H-pyrrole nitrogens is 1. The van der Waals surface area contributed by atoms with Crippen molar-refractivity contribution in [1.29, 1.82) is 0 Å². The fourth-order valence-electron chi connectivity index (χ4n) is 2.68. The third kappa shape index (κ3) is 2.50. The van der Waals surface area contributed by atoms with Crippen molar-refractivity contribution in [3.63, 3.8) is 0 Å². The Hall–Kier alpha value is -2.95. The Kier molecular flexibility index (Phi) is 3.93. The van der Waals surface area contributed by atoms with Crippen LogP contribution in [0.4, 0.5) is 0 Å². The molecule has 0 unspecified atom stereocenters. The lowest BCUT2D eigenvalue weighted by Gasteiger charge is -2.08. The van der Waals surface area contributed by atoms with Crippen LogP contribution in [0.15, 0.2) is 42.5 Å². The van der Waals surface area contributed by atoms with Gasteiger partial charge in [-0.1, -0.05) is 30.3 Å². The molecule has 1 heterocycles. The lowest BCUT2D eigenvalue weighted by atomic mass is 10.0. The number of aromatic amines is 1. The number of methoxy groups -OCH3 is 3. The highest BCUT2D eigenvalue weighted by molar-refractivity contribution is 6.08. The second-order valence-corrected chi connectivity index (χ2v) is 4.99. The molecule has 0 saturated heterocycles. The average molecular weight is 311 g/mol. The summed E-state index contributed by atoms with van der Waals surface area (Å²) in [7, 11) is 4.52. The molecule has 0 fully saturated rings. The van der Waals surface area contributed by atoms with Gasteiger partial charge in [-0.25, -0.2) is 4.79 Å². The third-order valence-electron chi connectivity index (χ3n) is 3.75. The minimum Gasteiger partial charge on any atom is -0.493 e. The van der Waals surface area contributed by atoms with Gasteiger partial charge in [0, 0.05) is 17.0 Å². The van der Waals surface area contributed by atoms with Gasteiger partial charge in [-0.15, -0.1) is 0 Å². The largest absolute Gasteiger partial charge is 0.493 e. The molecule has 0 aliphatic rings. The summed E-state index contributed by atoms with van der Waals surface area (Å²) < 4.78 is 15.6. The molecular formula is C18H17NO4. The molecule has 0 aliphatic heterocycles. The second-order valence-electron chi connectivity index (χ2n) is 4.99. The van der Waals surface area contributed by atoms with Crippen LogP contribution in [0.25, 0.3) is 22.0 Å². The molecule has 23 heavy (non-hydrogen) atoms. The molecule has 1 N–H and O–H groups in total. The van der Waals surface area contributed by atoms with Crippen LogP contribution in [-0.2, 0) is 4.74 Å². The van der Waals surface area contributed by atoms with Crippen molar-refractivity contribution >= 4 is 16.9 Å². The number of carbonyl (C=O) groups excluding carboxylic acids is 1. The molecule has 0 spiro atoms. The molecule has 2 aromatic carbocycles. The summed E-state index contributed by atoms with van der Waals surface area (Å²) in [5.74, 6) is 0.780. The molecule has 0 saturated carbocycles. The first-order valence-corrected chi connectivity index (χ1v) is 7.11. The minimum atomic E-state index is -0.419. The van der Waals surface area contributed by atoms with E-state index in [-0.39, 0.29) is 0 Å². The van der Waals surface area contributed by atoms with Gasteiger partial charge in [-0.3, -0.25) is 0 Å². The monoisotopic (exact) mass is 311 g/mol. The summed E-state index contributed by atoms with van der Waals surface area (Å²) >= 11 is 0. The van der Waals surface area contributed by atoms with Crippen molar-refractivity contribution in [3.05, 3.63) is 48.2 Å². The Balaban J connectivity index is 2.35. The molecule has 1 aromatic heterocycles. The highest BCUT2D eigenvalue weighted by Gasteiger charge is 2.21. The van der Waals surface area contributed by atoms with Crippen LogP contribution in [0.3, 0.4) is 0 Å². The Morgan fingerprint density at radius 1 is 0.957 bits per heavy atom. The first kappa shape index (κ1) is 15.0. The summed E-state index contributed by atoms with van der Waals surface area (Å²) in [4.78, 5) is 15.3. The van der Waals surface area contributed by atoms with Crippen LogP contribution in [0.5, 0.6) is 11.5 Å². The first-order valence-electron chi connectivity index (χ1n) is 7.11. The number of esters is 1. The molecule has 0 amide bonds. The standard InChI is InChI=1S/C18H17NO4/c1-21-14-9-12-13(10-15(14)22-2)19-17(18(20)23-3)16(12)11-7-5-4-6-8-11/h4-10,19H,1-3H3. The maximum Gasteiger partial charge on any atom is 0.355 e. The van der Waals surface area contributed by atoms with Crippen molar-refractivity contribution in [1.82, 2.24) is 4.98 Å². The summed E-state index contributed by atoms with van der Waals surface area (Å²) in [6.45, 7) is 0. The Bertz CT molecular complexity index is 852. The zero-order chi connectivity index (χ0) is 16.4. The first-order chi connectivity index (χ1) is 11.2. The number of nitrogens with one attached hydrogen (secondary N) is 1. The highest BCUT2D eigenvalue weighted by atomic mass is 16.5. The van der Waals surface area contributed by atoms with Crippen molar-refractivity contribution in [2.24, 2.45) is 0 Å². The second kappa shape index (κ2) is 6.04. The minimum absolute atomic E-state index is 0.406. The number of aromatic nitrogens is 1. The number of hydrogen-bond donors (Lipinski definition) is 1. The SMILES string of the molecule is COC(=O)c1[nH]c2cc(OC)c(OC)cc2c1-c1ccccc1. The van der Waals surface area contributed by atoms with E-state index in [0.29, 0.717) is 17.2 Å². The van der Waals surface area contributed by atoms with Crippen LogP contribution in [0.1, 0.15) is 10.5 Å². The van der Waals surface area contributed by atoms with E-state index in [0.717, 1.165) is 22.0 Å². The van der Waals surface area contributed by atoms with E-state index < -0.39 is 5.97 Å². The van der Waals surface area contributed by atoms with Crippen LogP contribution in [-0.4, -0.2) is 32.3 Å². The zero-order valence-corrected chi connectivity index (χ0v) is 13.2. The van der Waals surface area contributed by atoms with Gasteiger partial charge in [-0.2, -0.15) is 0 Å². The zero-order valence-electron chi connectivity index (χ0n) is 13.2. The normalized spacial score (nSPS) is 10.6. The summed E-state index contributed by atoms with van der Waals surface area (Å²) in [5, 5.41) is 0.870. The Morgan fingerprint density at radius 2 is 1.61 bits per heavy atom. The van der Waals surface area contributed by atoms with Gasteiger partial charge < -0.3 is 19.2 Å². The number of hydrogen-bond acceptors (Lipinski definition) is 4. The van der Waals surface area contributed by atoms with E-state index >= 15 is 0 Å². The summed E-state index contributed by atoms with van der Waals surface area (Å²) in [5.41, 5.74) is 2.89. The average Bonchev–Trinajstić information content (AvgIpc) is 2.98. The Labute approximate surface area is 133 Å². The van der Waals surface area contributed by atoms with Gasteiger partial charge in [0.25, 0.3) is 0 Å². The van der Waals surface area contributed by atoms with Crippen LogP contribution in [0, 0.1) is 0 Å². The third-order valence-corrected chi connectivity index (χ3v) is 3.75. The van der Waals surface area contributed by atoms with Crippen molar-refractivity contribution in [3.8, 4) is 22.6 Å². The maximum atomic E-state index is 12.2. The number of fused-ring (bicyclic) bond motifs is 1. The molecule has 3 aromatic rings. The molecule has 5 nitrogen and oxygen atoms in total. The number of rotatable bonds is 4. The molecule has 118 valence electrons. The van der Waals surface area contributed by atoms with E-state index in [1.807, 2.05) is 42.5 Å². The quantitative estimate of drug-likeness (QED) is 0.747. The van der Waals surface area contributed by atoms with E-state index in [4.69, 9.17) is 14.2 Å². The topological polar surface area (TPSA) is 60.6 Å². The van der Waals surface area contributed by atoms with Crippen molar-refractivity contribution < 1.29 is 19.0 Å². The molecule has 0 bridgehead atoms.